The van der Waals surface area contributed by atoms with E-state index in [9.17, 15) is 29.4 Å². The number of carboxylic acids is 1. The van der Waals surface area contributed by atoms with Gasteiger partial charge in [-0.3, -0.25) is 14.4 Å². The minimum atomic E-state index is -1.15. The standard InChI is InChI=1S/C29H40N4O6S/c1-18(2)15-24(27(36)31-23(29(38)39)13-14-40-3)33-28(37)25(17-20-9-11-21(34)12-10-20)32-26(35)22(30)16-19-7-5-4-6-8-19/h4-12,18,22-25,34H,13-17,30H2,1-3H3,(H,31,36)(H,32,35)(H,33,37)(H,38,39). The number of carbonyl (C=O) groups is 4. The zero-order valence-corrected chi connectivity index (χ0v) is 23.9. The van der Waals surface area contributed by atoms with Crippen LogP contribution in [0.25, 0.3) is 0 Å². The number of aromatic hydroxyl groups is 1. The van der Waals surface area contributed by atoms with Crippen molar-refractivity contribution in [1.82, 2.24) is 16.0 Å². The first kappa shape index (κ1) is 32.6. The second kappa shape index (κ2) is 16.5. The number of phenolic OH excluding ortho intramolecular Hbond substituents is 1. The second-order valence-electron chi connectivity index (χ2n) is 10.1. The van der Waals surface area contributed by atoms with Crippen LogP contribution in [0, 0.1) is 5.92 Å². The molecule has 0 aromatic heterocycles. The summed E-state index contributed by atoms with van der Waals surface area (Å²) in [5, 5.41) is 27.1. The van der Waals surface area contributed by atoms with Crippen molar-refractivity contribution in [3.63, 3.8) is 0 Å². The van der Waals surface area contributed by atoms with Gasteiger partial charge in [0.1, 0.15) is 23.9 Å². The molecular formula is C29H40N4O6S. The minimum absolute atomic E-state index is 0.00922. The van der Waals surface area contributed by atoms with E-state index in [2.05, 4.69) is 16.0 Å². The van der Waals surface area contributed by atoms with E-state index < -0.39 is 47.9 Å². The third-order valence-corrected chi connectivity index (χ3v) is 6.85. The van der Waals surface area contributed by atoms with Crippen LogP contribution in [-0.4, -0.2) is 70.1 Å². The van der Waals surface area contributed by atoms with Gasteiger partial charge in [-0.2, -0.15) is 11.8 Å². The van der Waals surface area contributed by atoms with E-state index in [-0.39, 0.29) is 37.4 Å². The summed E-state index contributed by atoms with van der Waals surface area (Å²) in [5.74, 6) is -2.28. The van der Waals surface area contributed by atoms with Gasteiger partial charge in [0.25, 0.3) is 0 Å². The van der Waals surface area contributed by atoms with Gasteiger partial charge in [-0.1, -0.05) is 56.3 Å². The zero-order valence-electron chi connectivity index (χ0n) is 23.1. The Bertz CT molecular complexity index is 1110. The Morgan fingerprint density at radius 3 is 1.93 bits per heavy atom. The highest BCUT2D eigenvalue weighted by molar-refractivity contribution is 7.98. The Morgan fingerprint density at radius 2 is 1.35 bits per heavy atom. The van der Waals surface area contributed by atoms with Crippen LogP contribution in [0.15, 0.2) is 54.6 Å². The normalized spacial score (nSPS) is 14.0. The first-order chi connectivity index (χ1) is 19.0. The lowest BCUT2D eigenvalue weighted by Crippen LogP contribution is -2.58. The average Bonchev–Trinajstić information content (AvgIpc) is 2.91. The molecule has 0 spiro atoms. The summed E-state index contributed by atoms with van der Waals surface area (Å²) in [5.41, 5.74) is 7.69. The summed E-state index contributed by atoms with van der Waals surface area (Å²) in [6.45, 7) is 3.76. The van der Waals surface area contributed by atoms with Crippen molar-refractivity contribution >= 4 is 35.5 Å². The van der Waals surface area contributed by atoms with Gasteiger partial charge >= 0.3 is 5.97 Å². The highest BCUT2D eigenvalue weighted by atomic mass is 32.2. The summed E-state index contributed by atoms with van der Waals surface area (Å²) in [4.78, 5) is 51.3. The van der Waals surface area contributed by atoms with Gasteiger partial charge in [0.2, 0.25) is 17.7 Å². The van der Waals surface area contributed by atoms with Crippen molar-refractivity contribution in [2.24, 2.45) is 11.7 Å². The van der Waals surface area contributed by atoms with Gasteiger partial charge in [0.15, 0.2) is 0 Å². The Morgan fingerprint density at radius 1 is 0.800 bits per heavy atom. The van der Waals surface area contributed by atoms with Gasteiger partial charge < -0.3 is 31.9 Å². The summed E-state index contributed by atoms with van der Waals surface area (Å²) < 4.78 is 0. The minimum Gasteiger partial charge on any atom is -0.508 e. The topological polar surface area (TPSA) is 171 Å². The van der Waals surface area contributed by atoms with Gasteiger partial charge in [-0.05, 0) is 60.4 Å². The first-order valence-electron chi connectivity index (χ1n) is 13.2. The number of hydrogen-bond acceptors (Lipinski definition) is 7. The first-order valence-corrected chi connectivity index (χ1v) is 14.6. The number of rotatable bonds is 16. The maximum atomic E-state index is 13.5. The van der Waals surface area contributed by atoms with Crippen molar-refractivity contribution in [2.45, 2.75) is 63.7 Å². The molecule has 0 bridgehead atoms. The van der Waals surface area contributed by atoms with Crippen molar-refractivity contribution in [2.75, 3.05) is 12.0 Å². The molecule has 2 aromatic carbocycles. The highest BCUT2D eigenvalue weighted by Crippen LogP contribution is 2.13. The largest absolute Gasteiger partial charge is 0.508 e. The highest BCUT2D eigenvalue weighted by Gasteiger charge is 2.31. The molecule has 0 aliphatic rings. The molecule has 0 fully saturated rings. The fourth-order valence-electron chi connectivity index (χ4n) is 4.06. The molecule has 2 rings (SSSR count). The molecule has 10 nitrogen and oxygen atoms in total. The lowest BCUT2D eigenvalue weighted by molar-refractivity contribution is -0.142. The fourth-order valence-corrected chi connectivity index (χ4v) is 4.53. The third kappa shape index (κ3) is 11.3. The molecule has 2 aromatic rings. The summed E-state index contributed by atoms with van der Waals surface area (Å²) >= 11 is 1.47. The Hall–Kier alpha value is -3.57. The van der Waals surface area contributed by atoms with Crippen molar-refractivity contribution in [1.29, 1.82) is 0 Å². The van der Waals surface area contributed by atoms with Crippen LogP contribution >= 0.6 is 11.8 Å². The number of carbonyl (C=O) groups excluding carboxylic acids is 3. The molecule has 40 heavy (non-hydrogen) atoms. The molecular weight excluding hydrogens is 532 g/mol. The van der Waals surface area contributed by atoms with E-state index in [4.69, 9.17) is 5.73 Å². The molecule has 0 aliphatic heterocycles. The molecule has 0 aliphatic carbocycles. The SMILES string of the molecule is CSCCC(NC(=O)C(CC(C)C)NC(=O)C(Cc1ccc(O)cc1)NC(=O)C(N)Cc1ccccc1)C(=O)O. The molecule has 3 amide bonds. The molecule has 11 heteroatoms. The number of aliphatic carboxylic acids is 1. The Balaban J connectivity index is 2.22. The second-order valence-corrected chi connectivity index (χ2v) is 11.1. The predicted molar refractivity (Wildman–Crippen MR) is 156 cm³/mol. The monoisotopic (exact) mass is 572 g/mol. The number of nitrogens with two attached hydrogens (primary N) is 1. The quantitative estimate of drug-likeness (QED) is 0.177. The van der Waals surface area contributed by atoms with Gasteiger partial charge in [0, 0.05) is 6.42 Å². The van der Waals surface area contributed by atoms with E-state index >= 15 is 0 Å². The van der Waals surface area contributed by atoms with Crippen LogP contribution in [0.1, 0.15) is 37.8 Å². The average molecular weight is 573 g/mol. The number of amides is 3. The lowest BCUT2D eigenvalue weighted by Gasteiger charge is -2.26. The number of thioether (sulfide) groups is 1. The van der Waals surface area contributed by atoms with E-state index in [1.807, 2.05) is 50.4 Å². The van der Waals surface area contributed by atoms with Crippen LogP contribution < -0.4 is 21.7 Å². The zero-order chi connectivity index (χ0) is 29.7. The molecule has 0 saturated heterocycles. The smallest absolute Gasteiger partial charge is 0.326 e. The third-order valence-electron chi connectivity index (χ3n) is 6.21. The number of nitrogens with one attached hydrogen (secondary N) is 3. The van der Waals surface area contributed by atoms with Crippen LogP contribution in [0.5, 0.6) is 5.75 Å². The number of benzene rings is 2. The fraction of sp³-hybridized carbons (Fsp3) is 0.448. The molecule has 218 valence electrons. The van der Waals surface area contributed by atoms with Crippen molar-refractivity contribution < 1.29 is 29.4 Å². The summed E-state index contributed by atoms with van der Waals surface area (Å²) in [7, 11) is 0. The van der Waals surface area contributed by atoms with E-state index in [1.54, 1.807) is 12.1 Å². The predicted octanol–water partition coefficient (Wildman–Crippen LogP) is 1.84. The molecule has 0 heterocycles. The van der Waals surface area contributed by atoms with E-state index in [1.165, 1.54) is 23.9 Å². The van der Waals surface area contributed by atoms with Crippen molar-refractivity contribution in [3.05, 3.63) is 65.7 Å². The maximum absolute atomic E-state index is 13.5. The van der Waals surface area contributed by atoms with Crippen LogP contribution in [0.3, 0.4) is 0 Å². The number of carboxylic acid groups (broad SMARTS) is 1. The Kier molecular flexibility index (Phi) is 13.5. The van der Waals surface area contributed by atoms with Gasteiger partial charge in [0.05, 0.1) is 6.04 Å². The number of hydrogen-bond donors (Lipinski definition) is 6. The van der Waals surface area contributed by atoms with E-state index in [0.717, 1.165) is 5.56 Å². The lowest BCUT2D eigenvalue weighted by atomic mass is 10.00. The van der Waals surface area contributed by atoms with Crippen LogP contribution in [0.4, 0.5) is 0 Å². The van der Waals surface area contributed by atoms with Crippen molar-refractivity contribution in [3.8, 4) is 5.75 Å². The molecule has 0 saturated carbocycles. The number of phenols is 1. The molecule has 7 N–H and O–H groups in total. The van der Waals surface area contributed by atoms with E-state index in [0.29, 0.717) is 11.3 Å². The molecule has 4 atom stereocenters. The van der Waals surface area contributed by atoms with Gasteiger partial charge in [-0.25, -0.2) is 4.79 Å². The Labute approximate surface area is 239 Å². The summed E-state index contributed by atoms with van der Waals surface area (Å²) in [6, 6.07) is 11.4. The molecule has 0 radical (unpaired) electrons. The molecule has 4 unspecified atom stereocenters. The van der Waals surface area contributed by atoms with Crippen LogP contribution in [0.2, 0.25) is 0 Å². The van der Waals surface area contributed by atoms with Gasteiger partial charge in [-0.15, -0.1) is 0 Å². The maximum Gasteiger partial charge on any atom is 0.326 e. The summed E-state index contributed by atoms with van der Waals surface area (Å²) in [6.07, 6.45) is 2.70. The van der Waals surface area contributed by atoms with Crippen LogP contribution in [-0.2, 0) is 32.0 Å².